The number of halogens is 3. The molecule has 0 aliphatic heterocycles. The molecule has 0 fully saturated rings. The second-order valence-electron chi connectivity index (χ2n) is 6.31. The third kappa shape index (κ3) is 8.21. The fourth-order valence-electron chi connectivity index (χ4n) is 1.79. The average molecular weight is 383 g/mol. The molecule has 1 aromatic rings. The average Bonchev–Trinajstić information content (AvgIpc) is 2.39. The Bertz CT molecular complexity index is 711. The quantitative estimate of drug-likeness (QED) is 0.790. The van der Waals surface area contributed by atoms with Crippen LogP contribution in [-0.4, -0.2) is 33.0 Å². The van der Waals surface area contributed by atoms with Crippen LogP contribution in [0.25, 0.3) is 0 Å². The maximum atomic E-state index is 12.9. The van der Waals surface area contributed by atoms with Crippen molar-refractivity contribution in [3.05, 3.63) is 35.4 Å². The minimum atomic E-state index is -4.58. The minimum absolute atomic E-state index is 0.0318. The Morgan fingerprint density at radius 3 is 2.32 bits per heavy atom. The van der Waals surface area contributed by atoms with E-state index >= 15 is 0 Å². The zero-order chi connectivity index (χ0) is 19.5. The molecule has 6 nitrogen and oxygen atoms in total. The largest absolute Gasteiger partial charge is 0.444 e. The number of nitrogens with one attached hydrogen (secondary N) is 1. The van der Waals surface area contributed by atoms with Gasteiger partial charge in [-0.2, -0.15) is 21.6 Å². The molecule has 1 aromatic carbocycles. The number of rotatable bonds is 5. The van der Waals surface area contributed by atoms with Crippen molar-refractivity contribution in [2.45, 2.75) is 38.6 Å². The van der Waals surface area contributed by atoms with E-state index in [0.29, 0.717) is 0 Å². The second-order valence-corrected chi connectivity index (χ2v) is 7.95. The topological polar surface area (TPSA) is 81.7 Å². The first-order valence-electron chi connectivity index (χ1n) is 7.18. The summed E-state index contributed by atoms with van der Waals surface area (Å²) in [4.78, 5) is 11.9. The summed E-state index contributed by atoms with van der Waals surface area (Å²) in [7, 11) is -3.85. The van der Waals surface area contributed by atoms with E-state index in [9.17, 15) is 26.4 Å². The molecule has 1 rings (SSSR count). The Labute approximate surface area is 144 Å². The predicted octanol–water partition coefficient (Wildman–Crippen LogP) is 3.25. The zero-order valence-corrected chi connectivity index (χ0v) is 15.0. The van der Waals surface area contributed by atoms with E-state index in [-0.39, 0.29) is 5.56 Å². The van der Waals surface area contributed by atoms with Crippen molar-refractivity contribution < 1.29 is 35.3 Å². The van der Waals surface area contributed by atoms with Gasteiger partial charge in [0, 0.05) is 0 Å². The molecule has 0 unspecified atom stereocenters. The van der Waals surface area contributed by atoms with Gasteiger partial charge in [-0.05, 0) is 38.5 Å². The fraction of sp³-hybridized carbons (Fsp3) is 0.533. The molecule has 0 radical (unpaired) electrons. The van der Waals surface area contributed by atoms with Gasteiger partial charge in [-0.25, -0.2) is 4.79 Å². The third-order valence-corrected chi connectivity index (χ3v) is 3.32. The maximum Gasteiger partial charge on any atom is 0.416 e. The molecule has 0 aliphatic rings. The number of alkyl halides is 3. The predicted molar refractivity (Wildman–Crippen MR) is 84.4 cm³/mol. The Morgan fingerprint density at radius 2 is 1.84 bits per heavy atom. The molecule has 0 aromatic heterocycles. The van der Waals surface area contributed by atoms with Gasteiger partial charge in [0.25, 0.3) is 10.1 Å². The van der Waals surface area contributed by atoms with Crippen LogP contribution in [0.2, 0.25) is 0 Å². The smallest absolute Gasteiger partial charge is 0.416 e. The lowest BCUT2D eigenvalue weighted by Gasteiger charge is -2.24. The van der Waals surface area contributed by atoms with Crippen molar-refractivity contribution in [2.24, 2.45) is 0 Å². The Morgan fingerprint density at radius 1 is 1.24 bits per heavy atom. The van der Waals surface area contributed by atoms with Crippen LogP contribution in [0.1, 0.15) is 37.9 Å². The van der Waals surface area contributed by atoms with Gasteiger partial charge in [-0.3, -0.25) is 4.18 Å². The Hall–Kier alpha value is -1.81. The molecular weight excluding hydrogens is 363 g/mol. The van der Waals surface area contributed by atoms with Crippen LogP contribution in [-0.2, 0) is 25.2 Å². The van der Waals surface area contributed by atoms with Gasteiger partial charge in [-0.1, -0.05) is 12.1 Å². The van der Waals surface area contributed by atoms with Crippen molar-refractivity contribution in [3.63, 3.8) is 0 Å². The summed E-state index contributed by atoms with van der Waals surface area (Å²) in [5.74, 6) is 0. The molecule has 142 valence electrons. The molecule has 0 saturated carbocycles. The molecule has 0 saturated heterocycles. The summed E-state index contributed by atoms with van der Waals surface area (Å²) in [6.45, 7) is 4.26. The van der Waals surface area contributed by atoms with Gasteiger partial charge in [0.15, 0.2) is 0 Å². The minimum Gasteiger partial charge on any atom is -0.444 e. The summed E-state index contributed by atoms with van der Waals surface area (Å²) in [6, 6.07) is 3.01. The summed E-state index contributed by atoms with van der Waals surface area (Å²) in [5.41, 5.74) is -1.73. The van der Waals surface area contributed by atoms with Crippen molar-refractivity contribution in [3.8, 4) is 0 Å². The van der Waals surface area contributed by atoms with Gasteiger partial charge in [0.1, 0.15) is 5.60 Å². The molecule has 1 atom stereocenters. The molecule has 0 heterocycles. The van der Waals surface area contributed by atoms with Crippen molar-refractivity contribution in [2.75, 3.05) is 12.9 Å². The monoisotopic (exact) mass is 383 g/mol. The van der Waals surface area contributed by atoms with Crippen LogP contribution in [0.15, 0.2) is 24.3 Å². The van der Waals surface area contributed by atoms with Crippen molar-refractivity contribution in [1.29, 1.82) is 0 Å². The highest BCUT2D eigenvalue weighted by atomic mass is 32.2. The molecule has 0 bridgehead atoms. The van der Waals surface area contributed by atoms with Crippen LogP contribution in [0.4, 0.5) is 18.0 Å². The van der Waals surface area contributed by atoms with Crippen LogP contribution < -0.4 is 5.32 Å². The van der Waals surface area contributed by atoms with Crippen molar-refractivity contribution >= 4 is 16.2 Å². The van der Waals surface area contributed by atoms with Crippen LogP contribution in [0.3, 0.4) is 0 Å². The summed E-state index contributed by atoms with van der Waals surface area (Å²) >= 11 is 0. The molecule has 1 N–H and O–H groups in total. The van der Waals surface area contributed by atoms with E-state index in [4.69, 9.17) is 4.74 Å². The Kier molecular flexibility index (Phi) is 6.46. The number of amides is 1. The first-order chi connectivity index (χ1) is 11.2. The van der Waals surface area contributed by atoms with Crippen LogP contribution in [0.5, 0.6) is 0 Å². The fourth-order valence-corrected chi connectivity index (χ4v) is 2.18. The molecule has 1 amide bonds. The van der Waals surface area contributed by atoms with E-state index in [0.717, 1.165) is 24.5 Å². The number of hydrogen-bond acceptors (Lipinski definition) is 5. The maximum absolute atomic E-state index is 12.9. The first kappa shape index (κ1) is 21.2. The number of alkyl carbamates (subject to hydrolysis) is 1. The van der Waals surface area contributed by atoms with Gasteiger partial charge in [0.2, 0.25) is 0 Å². The molecular formula is C15H20F3NO5S. The lowest BCUT2D eigenvalue weighted by molar-refractivity contribution is -0.137. The number of carbonyl (C=O) groups is 1. The summed E-state index contributed by atoms with van der Waals surface area (Å²) < 4.78 is 70.5. The third-order valence-electron chi connectivity index (χ3n) is 2.76. The normalized spacial score (nSPS) is 14.0. The van der Waals surface area contributed by atoms with Crippen LogP contribution >= 0.6 is 0 Å². The van der Waals surface area contributed by atoms with Gasteiger partial charge in [-0.15, -0.1) is 0 Å². The van der Waals surface area contributed by atoms with E-state index in [1.165, 1.54) is 6.07 Å². The highest BCUT2D eigenvalue weighted by Gasteiger charge is 2.31. The van der Waals surface area contributed by atoms with Crippen LogP contribution in [0, 0.1) is 0 Å². The van der Waals surface area contributed by atoms with E-state index in [1.807, 2.05) is 0 Å². The SMILES string of the molecule is CC(C)(C)OC(=O)N[C@@H](COS(C)(=O)=O)c1cccc(C(F)(F)F)c1. The summed E-state index contributed by atoms with van der Waals surface area (Å²) in [5, 5.41) is 2.32. The van der Waals surface area contributed by atoms with E-state index in [2.05, 4.69) is 9.50 Å². The number of ether oxygens (including phenoxy) is 1. The number of benzene rings is 1. The number of carbonyl (C=O) groups excluding carboxylic acids is 1. The van der Waals surface area contributed by atoms with E-state index in [1.54, 1.807) is 20.8 Å². The summed E-state index contributed by atoms with van der Waals surface area (Å²) in [6.07, 6.45) is -4.69. The van der Waals surface area contributed by atoms with Gasteiger partial charge in [0.05, 0.1) is 24.5 Å². The molecule has 10 heteroatoms. The zero-order valence-electron chi connectivity index (χ0n) is 14.2. The van der Waals surface area contributed by atoms with Gasteiger partial charge < -0.3 is 10.1 Å². The van der Waals surface area contributed by atoms with Crippen molar-refractivity contribution in [1.82, 2.24) is 5.32 Å². The van der Waals surface area contributed by atoms with Gasteiger partial charge >= 0.3 is 12.3 Å². The lowest BCUT2D eigenvalue weighted by atomic mass is 10.0. The highest BCUT2D eigenvalue weighted by molar-refractivity contribution is 7.85. The standard InChI is InChI=1S/C15H20F3NO5S/c1-14(2,3)24-13(20)19-12(9-23-25(4,21)22)10-6-5-7-11(8-10)15(16,17)18/h5-8,12H,9H2,1-4H3,(H,19,20)/t12-/m0/s1. The molecule has 25 heavy (non-hydrogen) atoms. The Balaban J connectivity index is 3.08. The van der Waals surface area contributed by atoms with E-state index < -0.39 is 46.2 Å². The first-order valence-corrected chi connectivity index (χ1v) is 9.00. The highest BCUT2D eigenvalue weighted by Crippen LogP contribution is 2.31. The number of hydrogen-bond donors (Lipinski definition) is 1. The molecule has 0 aliphatic carbocycles. The molecule has 0 spiro atoms. The second kappa shape index (κ2) is 7.61. The lowest BCUT2D eigenvalue weighted by Crippen LogP contribution is -2.37.